The van der Waals surface area contributed by atoms with E-state index in [2.05, 4.69) is 0 Å². The zero-order chi connectivity index (χ0) is 19.0. The number of nitrogens with zero attached hydrogens (tertiary/aromatic N) is 2. The first-order chi connectivity index (χ1) is 13.0. The van der Waals surface area contributed by atoms with Crippen molar-refractivity contribution in [1.82, 2.24) is 9.29 Å². The third kappa shape index (κ3) is 3.40. The highest BCUT2D eigenvalue weighted by molar-refractivity contribution is 7.89. The Morgan fingerprint density at radius 1 is 1.30 bits per heavy atom. The van der Waals surface area contributed by atoms with Crippen LogP contribution in [0.5, 0.6) is 0 Å². The largest absolute Gasteiger partial charge is 0.465 e. The lowest BCUT2D eigenvalue weighted by molar-refractivity contribution is 0.0602. The number of thiophene rings is 1. The molecule has 27 heavy (non-hydrogen) atoms. The summed E-state index contributed by atoms with van der Waals surface area (Å²) in [4.78, 5) is 16.8. The fraction of sp³-hybridized carbons (Fsp3) is 0.333. The van der Waals surface area contributed by atoms with Gasteiger partial charge in [-0.3, -0.25) is 0 Å². The Bertz CT molecular complexity index is 1050. The number of fused-ring (bicyclic) bond motifs is 1. The van der Waals surface area contributed by atoms with Gasteiger partial charge in [0.25, 0.3) is 0 Å². The second-order valence-corrected chi connectivity index (χ2v) is 10.2. The number of hydrogen-bond acceptors (Lipinski definition) is 7. The summed E-state index contributed by atoms with van der Waals surface area (Å²) in [5.41, 5.74) is 0.947. The van der Waals surface area contributed by atoms with Crippen LogP contribution in [0.15, 0.2) is 40.6 Å². The van der Waals surface area contributed by atoms with E-state index in [0.29, 0.717) is 13.1 Å². The SMILES string of the molecule is COC(=O)c1sccc1S(=O)(=O)N1CCC[C@H](c2nc3ccccc3s2)C1. The van der Waals surface area contributed by atoms with Gasteiger partial charge in [0, 0.05) is 19.0 Å². The van der Waals surface area contributed by atoms with Gasteiger partial charge in [-0.15, -0.1) is 22.7 Å². The van der Waals surface area contributed by atoms with Gasteiger partial charge in [0.15, 0.2) is 0 Å². The maximum Gasteiger partial charge on any atom is 0.349 e. The highest BCUT2D eigenvalue weighted by Crippen LogP contribution is 2.35. The molecule has 1 atom stereocenters. The first-order valence-electron chi connectivity index (χ1n) is 8.52. The molecular weight excluding hydrogens is 404 g/mol. The molecular formula is C18H18N2O4S3. The van der Waals surface area contributed by atoms with Gasteiger partial charge in [-0.25, -0.2) is 18.2 Å². The molecule has 0 N–H and O–H groups in total. The number of aromatic nitrogens is 1. The highest BCUT2D eigenvalue weighted by atomic mass is 32.2. The van der Waals surface area contributed by atoms with E-state index < -0.39 is 16.0 Å². The molecule has 1 fully saturated rings. The van der Waals surface area contributed by atoms with Crippen LogP contribution in [-0.4, -0.2) is 43.9 Å². The fourth-order valence-corrected chi connectivity index (χ4v) is 7.23. The number of ether oxygens (including phenoxy) is 1. The van der Waals surface area contributed by atoms with Crippen molar-refractivity contribution in [3.8, 4) is 0 Å². The molecule has 6 nitrogen and oxygen atoms in total. The van der Waals surface area contributed by atoms with E-state index in [-0.39, 0.29) is 15.7 Å². The van der Waals surface area contributed by atoms with Gasteiger partial charge >= 0.3 is 5.97 Å². The third-order valence-corrected chi connectivity index (χ3v) is 8.79. The van der Waals surface area contributed by atoms with Crippen molar-refractivity contribution in [2.24, 2.45) is 0 Å². The quantitative estimate of drug-likeness (QED) is 0.599. The van der Waals surface area contributed by atoms with Gasteiger partial charge in [0.2, 0.25) is 10.0 Å². The number of carbonyl (C=O) groups excluding carboxylic acids is 1. The Labute approximate surface area is 165 Å². The number of carbonyl (C=O) groups is 1. The van der Waals surface area contributed by atoms with Crippen molar-refractivity contribution in [2.75, 3.05) is 20.2 Å². The summed E-state index contributed by atoms with van der Waals surface area (Å²) in [5.74, 6) is -0.561. The van der Waals surface area contributed by atoms with Crippen LogP contribution >= 0.6 is 22.7 Å². The zero-order valence-electron chi connectivity index (χ0n) is 14.6. The van der Waals surface area contributed by atoms with E-state index in [1.165, 1.54) is 17.5 Å². The molecule has 0 saturated carbocycles. The van der Waals surface area contributed by atoms with E-state index in [9.17, 15) is 13.2 Å². The summed E-state index contributed by atoms with van der Waals surface area (Å²) in [5, 5.41) is 2.57. The Hall–Kier alpha value is -1.81. The molecule has 9 heteroatoms. The lowest BCUT2D eigenvalue weighted by Gasteiger charge is -2.30. The number of piperidine rings is 1. The maximum absolute atomic E-state index is 13.1. The van der Waals surface area contributed by atoms with Crippen LogP contribution in [0.4, 0.5) is 0 Å². The molecule has 142 valence electrons. The second kappa shape index (κ2) is 7.31. The van der Waals surface area contributed by atoms with Crippen LogP contribution < -0.4 is 0 Å². The molecule has 0 spiro atoms. The standard InChI is InChI=1S/C18H18N2O4S3/c1-24-18(21)16-15(8-10-25-16)27(22,23)20-9-4-5-12(11-20)17-19-13-6-2-3-7-14(13)26-17/h2-3,6-8,10,12H,4-5,9,11H2,1H3/t12-/m0/s1. The number of esters is 1. The van der Waals surface area contributed by atoms with Crippen molar-refractivity contribution in [1.29, 1.82) is 0 Å². The molecule has 1 aliphatic heterocycles. The molecule has 1 aliphatic rings. The Balaban J connectivity index is 1.62. The van der Waals surface area contributed by atoms with E-state index in [0.717, 1.165) is 39.4 Å². The maximum atomic E-state index is 13.1. The predicted molar refractivity (Wildman–Crippen MR) is 106 cm³/mol. The van der Waals surface area contributed by atoms with E-state index in [1.54, 1.807) is 16.7 Å². The lowest BCUT2D eigenvalue weighted by atomic mass is 10.0. The van der Waals surface area contributed by atoms with Gasteiger partial charge < -0.3 is 4.74 Å². The summed E-state index contributed by atoms with van der Waals surface area (Å²) >= 11 is 2.70. The monoisotopic (exact) mass is 422 g/mol. The average molecular weight is 423 g/mol. The van der Waals surface area contributed by atoms with Gasteiger partial charge in [0.1, 0.15) is 9.77 Å². The zero-order valence-corrected chi connectivity index (χ0v) is 17.1. The first kappa shape index (κ1) is 18.5. The number of methoxy groups -OCH3 is 1. The summed E-state index contributed by atoms with van der Waals surface area (Å²) < 4.78 is 33.6. The molecule has 2 aromatic heterocycles. The number of sulfonamides is 1. The van der Waals surface area contributed by atoms with Gasteiger partial charge in [-0.1, -0.05) is 12.1 Å². The minimum absolute atomic E-state index is 0.0318. The van der Waals surface area contributed by atoms with Crippen molar-refractivity contribution >= 4 is 48.9 Å². The first-order valence-corrected chi connectivity index (χ1v) is 11.7. The fourth-order valence-electron chi connectivity index (χ4n) is 3.31. The number of thiazole rings is 1. The Morgan fingerprint density at radius 3 is 2.89 bits per heavy atom. The smallest absolute Gasteiger partial charge is 0.349 e. The summed E-state index contributed by atoms with van der Waals surface area (Å²) in [6.45, 7) is 0.818. The minimum Gasteiger partial charge on any atom is -0.465 e. The minimum atomic E-state index is -3.76. The van der Waals surface area contributed by atoms with Gasteiger partial charge in [-0.2, -0.15) is 4.31 Å². The van der Waals surface area contributed by atoms with E-state index in [1.807, 2.05) is 24.3 Å². The van der Waals surface area contributed by atoms with Crippen LogP contribution in [0.1, 0.15) is 33.4 Å². The van der Waals surface area contributed by atoms with Crippen LogP contribution in [-0.2, 0) is 14.8 Å². The molecule has 3 heterocycles. The molecule has 0 radical (unpaired) electrons. The number of rotatable bonds is 4. The molecule has 1 saturated heterocycles. The number of para-hydroxylation sites is 1. The van der Waals surface area contributed by atoms with Crippen LogP contribution in [0.3, 0.4) is 0 Å². The normalized spacial score (nSPS) is 18.6. The molecule has 1 aromatic carbocycles. The lowest BCUT2D eigenvalue weighted by Crippen LogP contribution is -2.39. The molecule has 3 aromatic rings. The predicted octanol–water partition coefficient (Wildman–Crippen LogP) is 3.71. The molecule has 0 amide bonds. The van der Waals surface area contributed by atoms with E-state index >= 15 is 0 Å². The van der Waals surface area contributed by atoms with E-state index in [4.69, 9.17) is 9.72 Å². The molecule has 0 bridgehead atoms. The van der Waals surface area contributed by atoms with Gasteiger partial charge in [-0.05, 0) is 36.4 Å². The third-order valence-electron chi connectivity index (χ3n) is 4.66. The van der Waals surface area contributed by atoms with Gasteiger partial charge in [0.05, 0.1) is 22.3 Å². The van der Waals surface area contributed by atoms with Crippen molar-refractivity contribution in [3.63, 3.8) is 0 Å². The van der Waals surface area contributed by atoms with Crippen LogP contribution in [0.2, 0.25) is 0 Å². The number of hydrogen-bond donors (Lipinski definition) is 0. The van der Waals surface area contributed by atoms with Crippen LogP contribution in [0.25, 0.3) is 10.2 Å². The van der Waals surface area contributed by atoms with Crippen molar-refractivity contribution < 1.29 is 17.9 Å². The molecule has 0 unspecified atom stereocenters. The summed E-state index contributed by atoms with van der Waals surface area (Å²) in [6, 6.07) is 9.41. The van der Waals surface area contributed by atoms with Crippen LogP contribution in [0, 0.1) is 0 Å². The molecule has 4 rings (SSSR count). The van der Waals surface area contributed by atoms with Crippen molar-refractivity contribution in [3.05, 3.63) is 45.6 Å². The summed E-state index contributed by atoms with van der Waals surface area (Å²) in [6.07, 6.45) is 1.66. The number of benzene rings is 1. The summed E-state index contributed by atoms with van der Waals surface area (Å²) in [7, 11) is -2.50. The Morgan fingerprint density at radius 2 is 2.11 bits per heavy atom. The molecule has 0 aliphatic carbocycles. The topological polar surface area (TPSA) is 76.6 Å². The second-order valence-electron chi connectivity index (χ2n) is 6.33. The Kier molecular flexibility index (Phi) is 5.02. The highest BCUT2D eigenvalue weighted by Gasteiger charge is 2.35. The average Bonchev–Trinajstić information content (AvgIpc) is 3.34. The van der Waals surface area contributed by atoms with Crippen molar-refractivity contribution in [2.45, 2.75) is 23.7 Å².